The number of hydrogen-bond acceptors (Lipinski definition) is 4. The second kappa shape index (κ2) is 5.99. The maximum absolute atomic E-state index is 12.2. The molecule has 1 heterocycles. The van der Waals surface area contributed by atoms with Crippen molar-refractivity contribution in [2.45, 2.75) is 20.8 Å². The van der Waals surface area contributed by atoms with Crippen molar-refractivity contribution < 1.29 is 14.7 Å². The van der Waals surface area contributed by atoms with Gasteiger partial charge in [-0.25, -0.2) is 0 Å². The van der Waals surface area contributed by atoms with E-state index in [9.17, 15) is 9.59 Å². The van der Waals surface area contributed by atoms with Gasteiger partial charge in [0.15, 0.2) is 0 Å². The molecule has 1 N–H and O–H groups in total. The minimum Gasteiger partial charge on any atom is -0.480 e. The third-order valence-electron chi connectivity index (χ3n) is 3.18. The van der Waals surface area contributed by atoms with Crippen molar-refractivity contribution in [3.05, 3.63) is 39.3 Å². The molecule has 0 unspecified atom stereocenters. The fourth-order valence-corrected chi connectivity index (χ4v) is 3.56. The summed E-state index contributed by atoms with van der Waals surface area (Å²) in [6.45, 7) is 5.61. The van der Waals surface area contributed by atoms with Gasteiger partial charge in [-0.05, 0) is 43.5 Å². The van der Waals surface area contributed by atoms with E-state index in [0.717, 1.165) is 33.4 Å². The number of benzene rings is 1. The minimum atomic E-state index is -1.07. The summed E-state index contributed by atoms with van der Waals surface area (Å²) in [5, 5.41) is 8.82. The first-order chi connectivity index (χ1) is 9.79. The van der Waals surface area contributed by atoms with E-state index < -0.39 is 12.5 Å². The number of hydrogen-bond donors (Lipinski definition) is 1. The molecule has 110 valence electrons. The van der Waals surface area contributed by atoms with Crippen LogP contribution in [0.25, 0.3) is 6.08 Å². The summed E-state index contributed by atoms with van der Waals surface area (Å²) in [4.78, 5) is 24.6. The number of aryl methyl sites for hydroxylation is 3. The first-order valence-corrected chi connectivity index (χ1v) is 7.57. The van der Waals surface area contributed by atoms with Gasteiger partial charge in [0, 0.05) is 0 Å². The second-order valence-corrected chi connectivity index (χ2v) is 6.65. The standard InChI is InChI=1S/C15H15NO3S2/c1-8-4-9(2)11(10(3)5-8)6-12-14(19)16(7-13(17)18)15(20)21-12/h4-6H,7H2,1-3H3,(H,17,18)/b12-6+. The predicted molar refractivity (Wildman–Crippen MR) is 88.2 cm³/mol. The number of aliphatic carboxylic acids is 1. The lowest BCUT2D eigenvalue weighted by molar-refractivity contribution is -0.140. The Balaban J connectivity index is 2.37. The number of thioether (sulfide) groups is 1. The van der Waals surface area contributed by atoms with Gasteiger partial charge in [0.25, 0.3) is 5.91 Å². The number of carbonyl (C=O) groups excluding carboxylic acids is 1. The Hall–Kier alpha value is -1.66. The largest absolute Gasteiger partial charge is 0.480 e. The van der Waals surface area contributed by atoms with Gasteiger partial charge in [-0.15, -0.1) is 0 Å². The molecular weight excluding hydrogens is 306 g/mol. The Labute approximate surface area is 132 Å². The Morgan fingerprint density at radius 3 is 2.43 bits per heavy atom. The normalized spacial score (nSPS) is 16.9. The Morgan fingerprint density at radius 1 is 1.33 bits per heavy atom. The third-order valence-corrected chi connectivity index (χ3v) is 4.56. The molecule has 0 radical (unpaired) electrons. The van der Waals surface area contributed by atoms with Crippen LogP contribution in [0.4, 0.5) is 0 Å². The van der Waals surface area contributed by atoms with E-state index in [1.807, 2.05) is 20.8 Å². The lowest BCUT2D eigenvalue weighted by Crippen LogP contribution is -2.33. The Bertz CT molecular complexity index is 656. The summed E-state index contributed by atoms with van der Waals surface area (Å²) >= 11 is 6.23. The smallest absolute Gasteiger partial charge is 0.323 e. The van der Waals surface area contributed by atoms with Crippen molar-refractivity contribution in [1.82, 2.24) is 4.90 Å². The molecular formula is C15H15NO3S2. The van der Waals surface area contributed by atoms with Crippen molar-refractivity contribution in [2.75, 3.05) is 6.54 Å². The van der Waals surface area contributed by atoms with Crippen molar-refractivity contribution in [2.24, 2.45) is 0 Å². The molecule has 0 aromatic heterocycles. The summed E-state index contributed by atoms with van der Waals surface area (Å²) < 4.78 is 0.288. The molecule has 0 atom stereocenters. The van der Waals surface area contributed by atoms with E-state index in [1.165, 1.54) is 5.56 Å². The lowest BCUT2D eigenvalue weighted by Gasteiger charge is -2.10. The molecule has 2 rings (SSSR count). The highest BCUT2D eigenvalue weighted by molar-refractivity contribution is 8.26. The van der Waals surface area contributed by atoms with Crippen molar-refractivity contribution in [1.29, 1.82) is 0 Å². The van der Waals surface area contributed by atoms with Crippen LogP contribution in [0.1, 0.15) is 22.3 Å². The van der Waals surface area contributed by atoms with E-state index >= 15 is 0 Å². The average molecular weight is 321 g/mol. The summed E-state index contributed by atoms with van der Waals surface area (Å²) in [6.07, 6.45) is 1.80. The van der Waals surface area contributed by atoms with Crippen LogP contribution in [0.15, 0.2) is 17.0 Å². The molecule has 1 aliphatic rings. The number of rotatable bonds is 3. The van der Waals surface area contributed by atoms with Gasteiger partial charge in [-0.1, -0.05) is 41.7 Å². The second-order valence-electron chi connectivity index (χ2n) is 4.97. The zero-order chi connectivity index (χ0) is 15.7. The summed E-state index contributed by atoms with van der Waals surface area (Å²) in [6, 6.07) is 4.10. The van der Waals surface area contributed by atoms with Crippen LogP contribution >= 0.6 is 24.0 Å². The number of carboxylic acids is 1. The fraction of sp³-hybridized carbons (Fsp3) is 0.267. The van der Waals surface area contributed by atoms with Gasteiger partial charge >= 0.3 is 5.97 Å². The van der Waals surface area contributed by atoms with Crippen LogP contribution in [-0.4, -0.2) is 32.7 Å². The monoisotopic (exact) mass is 321 g/mol. The van der Waals surface area contributed by atoms with Gasteiger partial charge < -0.3 is 5.11 Å². The number of carbonyl (C=O) groups is 2. The van der Waals surface area contributed by atoms with E-state index in [4.69, 9.17) is 17.3 Å². The molecule has 0 saturated carbocycles. The third kappa shape index (κ3) is 3.33. The van der Waals surface area contributed by atoms with Crippen LogP contribution in [0, 0.1) is 20.8 Å². The zero-order valence-electron chi connectivity index (χ0n) is 12.0. The quantitative estimate of drug-likeness (QED) is 0.685. The molecule has 6 heteroatoms. The van der Waals surface area contributed by atoms with E-state index in [0.29, 0.717) is 4.91 Å². The van der Waals surface area contributed by atoms with Gasteiger partial charge in [0.1, 0.15) is 10.9 Å². The predicted octanol–water partition coefficient (Wildman–Crippen LogP) is 2.90. The van der Waals surface area contributed by atoms with Gasteiger partial charge in [-0.3, -0.25) is 14.5 Å². The van der Waals surface area contributed by atoms with Crippen molar-refractivity contribution >= 4 is 46.3 Å². The first-order valence-electron chi connectivity index (χ1n) is 6.34. The SMILES string of the molecule is Cc1cc(C)c(/C=C2/SC(=S)N(CC(=O)O)C2=O)c(C)c1. The summed E-state index contributed by atoms with van der Waals surface area (Å²) in [5.74, 6) is -1.41. The molecule has 21 heavy (non-hydrogen) atoms. The molecule has 1 aromatic rings. The Kier molecular flexibility index (Phi) is 4.49. The average Bonchev–Trinajstić information content (AvgIpc) is 2.61. The highest BCUT2D eigenvalue weighted by atomic mass is 32.2. The van der Waals surface area contributed by atoms with E-state index in [1.54, 1.807) is 6.08 Å². The van der Waals surface area contributed by atoms with E-state index in [-0.39, 0.29) is 10.2 Å². The maximum Gasteiger partial charge on any atom is 0.323 e. The highest BCUT2D eigenvalue weighted by Crippen LogP contribution is 2.33. The molecule has 0 spiro atoms. The zero-order valence-corrected chi connectivity index (χ0v) is 13.6. The molecule has 0 bridgehead atoms. The van der Waals surface area contributed by atoms with Crippen molar-refractivity contribution in [3.63, 3.8) is 0 Å². The minimum absolute atomic E-state index is 0.288. The summed E-state index contributed by atoms with van der Waals surface area (Å²) in [7, 11) is 0. The van der Waals surface area contributed by atoms with Crippen LogP contribution in [0.2, 0.25) is 0 Å². The van der Waals surface area contributed by atoms with Gasteiger partial charge in [0.2, 0.25) is 0 Å². The van der Waals surface area contributed by atoms with Crippen LogP contribution in [0.5, 0.6) is 0 Å². The lowest BCUT2D eigenvalue weighted by atomic mass is 9.99. The van der Waals surface area contributed by atoms with Crippen molar-refractivity contribution in [3.8, 4) is 0 Å². The van der Waals surface area contributed by atoms with Crippen LogP contribution < -0.4 is 0 Å². The number of nitrogens with zero attached hydrogens (tertiary/aromatic N) is 1. The summed E-state index contributed by atoms with van der Waals surface area (Å²) in [5.41, 5.74) is 4.31. The van der Waals surface area contributed by atoms with Crippen LogP contribution in [0.3, 0.4) is 0 Å². The highest BCUT2D eigenvalue weighted by Gasteiger charge is 2.33. The molecule has 1 fully saturated rings. The number of carboxylic acid groups (broad SMARTS) is 1. The fourth-order valence-electron chi connectivity index (χ4n) is 2.32. The molecule has 1 aliphatic heterocycles. The maximum atomic E-state index is 12.2. The molecule has 4 nitrogen and oxygen atoms in total. The molecule has 0 aliphatic carbocycles. The van der Waals surface area contributed by atoms with Crippen LogP contribution in [-0.2, 0) is 9.59 Å². The number of thiocarbonyl (C=S) groups is 1. The molecule has 1 amide bonds. The van der Waals surface area contributed by atoms with Gasteiger partial charge in [-0.2, -0.15) is 0 Å². The van der Waals surface area contributed by atoms with Gasteiger partial charge in [0.05, 0.1) is 4.91 Å². The topological polar surface area (TPSA) is 57.6 Å². The molecule has 1 aromatic carbocycles. The number of amides is 1. The van der Waals surface area contributed by atoms with E-state index in [2.05, 4.69) is 12.1 Å². The first kappa shape index (κ1) is 15.7. The Morgan fingerprint density at radius 2 is 1.90 bits per heavy atom. The molecule has 1 saturated heterocycles.